The van der Waals surface area contributed by atoms with E-state index in [1.54, 1.807) is 12.1 Å². The highest BCUT2D eigenvalue weighted by atomic mass is 35.5. The summed E-state index contributed by atoms with van der Waals surface area (Å²) in [4.78, 5) is 35.4. The number of para-hydroxylation sites is 1. The van der Waals surface area contributed by atoms with E-state index in [0.29, 0.717) is 5.56 Å². The summed E-state index contributed by atoms with van der Waals surface area (Å²) < 4.78 is 26.5. The molecule has 3 aromatic rings. The van der Waals surface area contributed by atoms with E-state index in [0.717, 1.165) is 18.2 Å². The molecule has 0 saturated carbocycles. The number of benzene rings is 3. The highest BCUT2D eigenvalue weighted by Crippen LogP contribution is 2.24. The van der Waals surface area contributed by atoms with Crippen LogP contribution >= 0.6 is 11.6 Å². The van der Waals surface area contributed by atoms with E-state index in [4.69, 9.17) is 11.6 Å². The van der Waals surface area contributed by atoms with Gasteiger partial charge in [0.2, 0.25) is 0 Å². The van der Waals surface area contributed by atoms with Gasteiger partial charge in [0.05, 0.1) is 26.8 Å². The van der Waals surface area contributed by atoms with Crippen LogP contribution in [0.4, 0.5) is 20.2 Å². The van der Waals surface area contributed by atoms with E-state index < -0.39 is 28.4 Å². The third kappa shape index (κ3) is 5.64. The van der Waals surface area contributed by atoms with Gasteiger partial charge in [0.15, 0.2) is 0 Å². The van der Waals surface area contributed by atoms with Crippen molar-refractivity contribution in [1.29, 1.82) is 0 Å². The van der Waals surface area contributed by atoms with E-state index in [-0.39, 0.29) is 40.5 Å². The van der Waals surface area contributed by atoms with Crippen molar-refractivity contribution in [2.75, 3.05) is 11.9 Å². The SMILES string of the molecule is O=C(Nc1ccccc1C(=O)NCCc1cc(F)cc(F)c1)c1ccc([N+](=O)[O-])cc1Cl. The molecule has 32 heavy (non-hydrogen) atoms. The third-order valence-electron chi connectivity index (χ3n) is 4.45. The summed E-state index contributed by atoms with van der Waals surface area (Å²) in [5, 5.41) is 15.9. The molecule has 0 atom stereocenters. The van der Waals surface area contributed by atoms with Crippen LogP contribution in [0.2, 0.25) is 5.02 Å². The molecule has 2 amide bonds. The fourth-order valence-corrected chi connectivity index (χ4v) is 3.21. The second kappa shape index (κ2) is 9.97. The third-order valence-corrected chi connectivity index (χ3v) is 4.76. The molecule has 3 aromatic carbocycles. The molecule has 0 unspecified atom stereocenters. The summed E-state index contributed by atoms with van der Waals surface area (Å²) >= 11 is 5.99. The first-order valence-corrected chi connectivity index (χ1v) is 9.70. The minimum absolute atomic E-state index is 0.000564. The summed E-state index contributed by atoms with van der Waals surface area (Å²) in [5.74, 6) is -2.57. The average molecular weight is 460 g/mol. The molecule has 0 saturated heterocycles. The number of hydrogen-bond donors (Lipinski definition) is 2. The van der Waals surface area contributed by atoms with E-state index >= 15 is 0 Å². The smallest absolute Gasteiger partial charge is 0.270 e. The van der Waals surface area contributed by atoms with Crippen LogP contribution in [0.25, 0.3) is 0 Å². The Labute approximate surface area is 186 Å². The normalized spacial score (nSPS) is 10.5. The van der Waals surface area contributed by atoms with Crippen LogP contribution in [0.1, 0.15) is 26.3 Å². The van der Waals surface area contributed by atoms with Gasteiger partial charge in [0.1, 0.15) is 11.6 Å². The minimum atomic E-state index is -0.704. The van der Waals surface area contributed by atoms with Gasteiger partial charge >= 0.3 is 0 Å². The maximum absolute atomic E-state index is 13.3. The number of carbonyl (C=O) groups is 2. The summed E-state index contributed by atoms with van der Waals surface area (Å²) in [6.45, 7) is 0.109. The van der Waals surface area contributed by atoms with E-state index in [9.17, 15) is 28.5 Å². The lowest BCUT2D eigenvalue weighted by Gasteiger charge is -2.12. The Hall–Kier alpha value is -3.85. The zero-order chi connectivity index (χ0) is 23.3. The van der Waals surface area contributed by atoms with Crippen LogP contribution in [0.3, 0.4) is 0 Å². The number of hydrogen-bond acceptors (Lipinski definition) is 4. The van der Waals surface area contributed by atoms with Crippen molar-refractivity contribution in [1.82, 2.24) is 5.32 Å². The molecule has 7 nitrogen and oxygen atoms in total. The number of anilines is 1. The zero-order valence-corrected chi connectivity index (χ0v) is 17.2. The molecule has 10 heteroatoms. The zero-order valence-electron chi connectivity index (χ0n) is 16.4. The van der Waals surface area contributed by atoms with Crippen LogP contribution in [0.15, 0.2) is 60.7 Å². The number of halogens is 3. The Kier molecular flexibility index (Phi) is 7.11. The van der Waals surface area contributed by atoms with E-state index in [2.05, 4.69) is 10.6 Å². The van der Waals surface area contributed by atoms with Crippen molar-refractivity contribution in [3.8, 4) is 0 Å². The number of nitro benzene ring substituents is 1. The second-order valence-electron chi connectivity index (χ2n) is 6.70. The van der Waals surface area contributed by atoms with Gasteiger partial charge in [-0.15, -0.1) is 0 Å². The Bertz CT molecular complexity index is 1180. The number of nitrogens with one attached hydrogen (secondary N) is 2. The summed E-state index contributed by atoms with van der Waals surface area (Å²) in [7, 11) is 0. The molecule has 2 N–H and O–H groups in total. The number of amides is 2. The van der Waals surface area contributed by atoms with Gasteiger partial charge in [-0.25, -0.2) is 8.78 Å². The Morgan fingerprint density at radius 2 is 1.62 bits per heavy atom. The topological polar surface area (TPSA) is 101 Å². The van der Waals surface area contributed by atoms with Crippen molar-refractivity contribution in [2.24, 2.45) is 0 Å². The van der Waals surface area contributed by atoms with Crippen LogP contribution in [-0.4, -0.2) is 23.3 Å². The molecule has 0 aromatic heterocycles. The van der Waals surface area contributed by atoms with Crippen LogP contribution < -0.4 is 10.6 Å². The first-order valence-electron chi connectivity index (χ1n) is 9.32. The first kappa shape index (κ1) is 22.8. The molecular weight excluding hydrogens is 444 g/mol. The molecule has 0 aliphatic heterocycles. The van der Waals surface area contributed by atoms with Gasteiger partial charge in [-0.1, -0.05) is 23.7 Å². The monoisotopic (exact) mass is 459 g/mol. The number of carbonyl (C=O) groups excluding carboxylic acids is 2. The number of nitro groups is 1. The highest BCUT2D eigenvalue weighted by molar-refractivity contribution is 6.34. The Balaban J connectivity index is 1.69. The quantitative estimate of drug-likeness (QED) is 0.393. The van der Waals surface area contributed by atoms with Gasteiger partial charge in [-0.2, -0.15) is 0 Å². The van der Waals surface area contributed by atoms with Gasteiger partial charge in [-0.3, -0.25) is 19.7 Å². The molecule has 0 heterocycles. The van der Waals surface area contributed by atoms with Gasteiger partial charge in [0.25, 0.3) is 17.5 Å². The Morgan fingerprint density at radius 3 is 2.28 bits per heavy atom. The highest BCUT2D eigenvalue weighted by Gasteiger charge is 2.18. The second-order valence-corrected chi connectivity index (χ2v) is 7.11. The maximum atomic E-state index is 13.3. The predicted octanol–water partition coefficient (Wildman–Crippen LogP) is 4.75. The van der Waals surface area contributed by atoms with Crippen molar-refractivity contribution >= 4 is 34.8 Å². The molecule has 0 bridgehead atoms. The summed E-state index contributed by atoms with van der Waals surface area (Å²) in [6.07, 6.45) is 0.202. The standard InChI is InChI=1S/C22H16ClF2N3O4/c23-19-12-16(28(31)32)5-6-17(19)22(30)27-20-4-2-1-3-18(20)21(29)26-8-7-13-9-14(24)11-15(25)10-13/h1-6,9-12H,7-8H2,(H,26,29)(H,27,30). The lowest BCUT2D eigenvalue weighted by Crippen LogP contribution is -2.27. The number of rotatable bonds is 7. The van der Waals surface area contributed by atoms with Gasteiger partial charge in [0, 0.05) is 24.7 Å². The van der Waals surface area contributed by atoms with Crippen molar-refractivity contribution in [2.45, 2.75) is 6.42 Å². The summed E-state index contributed by atoms with van der Waals surface area (Å²) in [6, 6.07) is 12.8. The van der Waals surface area contributed by atoms with Crippen LogP contribution in [0, 0.1) is 21.7 Å². The molecule has 0 fully saturated rings. The maximum Gasteiger partial charge on any atom is 0.270 e. The van der Waals surface area contributed by atoms with E-state index in [1.165, 1.54) is 30.3 Å². The number of nitrogens with zero attached hydrogens (tertiary/aromatic N) is 1. The lowest BCUT2D eigenvalue weighted by atomic mass is 10.1. The molecule has 0 radical (unpaired) electrons. The van der Waals surface area contributed by atoms with Crippen molar-refractivity contribution in [3.63, 3.8) is 0 Å². The number of non-ortho nitro benzene ring substituents is 1. The fourth-order valence-electron chi connectivity index (χ4n) is 2.95. The molecule has 164 valence electrons. The fraction of sp³-hybridized carbons (Fsp3) is 0.0909. The summed E-state index contributed by atoms with van der Waals surface area (Å²) in [5.41, 5.74) is 0.479. The molecular formula is C22H16ClF2N3O4. The van der Waals surface area contributed by atoms with Gasteiger partial charge < -0.3 is 10.6 Å². The van der Waals surface area contributed by atoms with Crippen molar-refractivity contribution < 1.29 is 23.3 Å². The van der Waals surface area contributed by atoms with Crippen LogP contribution in [-0.2, 0) is 6.42 Å². The lowest BCUT2D eigenvalue weighted by molar-refractivity contribution is -0.384. The van der Waals surface area contributed by atoms with Crippen LogP contribution in [0.5, 0.6) is 0 Å². The van der Waals surface area contributed by atoms with Gasteiger partial charge in [-0.05, 0) is 42.3 Å². The largest absolute Gasteiger partial charge is 0.352 e. The average Bonchev–Trinajstić information content (AvgIpc) is 2.73. The molecule has 0 aliphatic carbocycles. The van der Waals surface area contributed by atoms with E-state index in [1.807, 2.05) is 0 Å². The molecule has 0 aliphatic rings. The minimum Gasteiger partial charge on any atom is -0.352 e. The van der Waals surface area contributed by atoms with Crippen molar-refractivity contribution in [3.05, 3.63) is 104 Å². The molecule has 0 spiro atoms. The molecule has 3 rings (SSSR count). The Morgan fingerprint density at radius 1 is 0.938 bits per heavy atom. The first-order chi connectivity index (χ1) is 15.2. The predicted molar refractivity (Wildman–Crippen MR) is 115 cm³/mol.